The summed E-state index contributed by atoms with van der Waals surface area (Å²) >= 11 is 4.18. The lowest BCUT2D eigenvalue weighted by molar-refractivity contribution is -0.113. The molecule has 152 valence electrons. The number of hydrogen-bond donors (Lipinski definition) is 1. The first-order valence-electron chi connectivity index (χ1n) is 8.88. The minimum Gasteiger partial charge on any atom is -0.368 e. The first kappa shape index (κ1) is 20.0. The molecule has 2 aromatic heterocycles. The number of anilines is 3. The highest BCUT2D eigenvalue weighted by atomic mass is 32.2. The van der Waals surface area contributed by atoms with Gasteiger partial charge < -0.3 is 9.80 Å². The second-order valence-electron chi connectivity index (χ2n) is 6.26. The van der Waals surface area contributed by atoms with Crippen LogP contribution in [0.4, 0.5) is 20.3 Å². The molecule has 0 atom stereocenters. The Morgan fingerprint density at radius 3 is 2.48 bits per heavy atom. The fourth-order valence-electron chi connectivity index (χ4n) is 2.83. The smallest absolute Gasteiger partial charge is 0.236 e. The van der Waals surface area contributed by atoms with Crippen LogP contribution in [-0.4, -0.2) is 58.2 Å². The van der Waals surface area contributed by atoms with Crippen LogP contribution < -0.4 is 15.1 Å². The molecule has 1 fully saturated rings. The van der Waals surface area contributed by atoms with Crippen LogP contribution in [0.2, 0.25) is 0 Å². The fraction of sp³-hybridized carbons (Fsp3) is 0.353. The Morgan fingerprint density at radius 2 is 1.79 bits per heavy atom. The molecule has 0 spiro atoms. The van der Waals surface area contributed by atoms with Gasteiger partial charge in [0.1, 0.15) is 10.8 Å². The molecule has 8 nitrogen and oxygen atoms in total. The van der Waals surface area contributed by atoms with Gasteiger partial charge in [-0.2, -0.15) is 0 Å². The Labute approximate surface area is 179 Å². The number of amides is 1. The van der Waals surface area contributed by atoms with Crippen LogP contribution in [-0.2, 0) is 4.79 Å². The minimum atomic E-state index is -0.224. The lowest BCUT2D eigenvalue weighted by Crippen LogP contribution is -2.46. The Bertz CT molecular complexity index is 970. The van der Waals surface area contributed by atoms with Crippen molar-refractivity contribution in [3.8, 4) is 0 Å². The van der Waals surface area contributed by atoms with E-state index >= 15 is 0 Å². The summed E-state index contributed by atoms with van der Waals surface area (Å²) < 4.78 is 13.8. The molecule has 4 rings (SSSR count). The molecule has 12 heteroatoms. The fourth-order valence-corrected chi connectivity index (χ4v) is 5.13. The van der Waals surface area contributed by atoms with E-state index in [1.807, 2.05) is 6.92 Å². The molecule has 1 saturated heterocycles. The molecule has 3 aromatic rings. The lowest BCUT2D eigenvalue weighted by Gasteiger charge is -2.35. The summed E-state index contributed by atoms with van der Waals surface area (Å²) in [6.45, 7) is 5.13. The first-order valence-corrected chi connectivity index (χ1v) is 11.5. The zero-order valence-electron chi connectivity index (χ0n) is 15.5. The van der Waals surface area contributed by atoms with E-state index in [4.69, 9.17) is 0 Å². The first-order chi connectivity index (χ1) is 14.1. The molecule has 1 aliphatic rings. The molecule has 1 aliphatic heterocycles. The number of piperazine rings is 1. The molecule has 0 unspecified atom stereocenters. The van der Waals surface area contributed by atoms with Crippen molar-refractivity contribution in [2.45, 2.75) is 11.3 Å². The number of thioether (sulfide) groups is 1. The van der Waals surface area contributed by atoms with Gasteiger partial charge in [0.05, 0.1) is 5.75 Å². The van der Waals surface area contributed by atoms with Gasteiger partial charge in [0.2, 0.25) is 16.2 Å². The maximum atomic E-state index is 13.1. The van der Waals surface area contributed by atoms with Crippen LogP contribution >= 0.6 is 34.4 Å². The van der Waals surface area contributed by atoms with Crippen molar-refractivity contribution in [1.29, 1.82) is 0 Å². The van der Waals surface area contributed by atoms with E-state index < -0.39 is 0 Å². The number of aromatic nitrogens is 4. The summed E-state index contributed by atoms with van der Waals surface area (Å²) in [6, 6.07) is 6.58. The molecule has 1 amide bonds. The third-order valence-corrected chi connectivity index (χ3v) is 7.11. The number of nitrogens with zero attached hydrogens (tertiary/aromatic N) is 6. The monoisotopic (exact) mass is 451 g/mol. The van der Waals surface area contributed by atoms with Crippen LogP contribution in [0.3, 0.4) is 0 Å². The van der Waals surface area contributed by atoms with Crippen LogP contribution in [0.15, 0.2) is 28.6 Å². The Kier molecular flexibility index (Phi) is 6.21. The van der Waals surface area contributed by atoms with Gasteiger partial charge >= 0.3 is 0 Å². The molecule has 0 radical (unpaired) electrons. The predicted octanol–water partition coefficient (Wildman–Crippen LogP) is 2.89. The molecule has 1 aromatic carbocycles. The van der Waals surface area contributed by atoms with Crippen molar-refractivity contribution in [1.82, 2.24) is 20.4 Å². The molecule has 3 heterocycles. The topological polar surface area (TPSA) is 87.1 Å². The zero-order chi connectivity index (χ0) is 20.2. The van der Waals surface area contributed by atoms with Crippen LogP contribution in [0.25, 0.3) is 0 Å². The summed E-state index contributed by atoms with van der Waals surface area (Å²) in [6.07, 6.45) is 0. The number of rotatable bonds is 6. The van der Waals surface area contributed by atoms with Gasteiger partial charge in [-0.05, 0) is 31.2 Å². The van der Waals surface area contributed by atoms with Gasteiger partial charge in [-0.25, -0.2) is 4.39 Å². The average molecular weight is 452 g/mol. The molecule has 0 bridgehead atoms. The van der Waals surface area contributed by atoms with E-state index in [0.717, 1.165) is 46.3 Å². The van der Waals surface area contributed by atoms with Gasteiger partial charge in [-0.15, -0.1) is 20.4 Å². The molecule has 1 N–H and O–H groups in total. The summed E-state index contributed by atoms with van der Waals surface area (Å²) in [7, 11) is 0. The van der Waals surface area contributed by atoms with Gasteiger partial charge in [-0.3, -0.25) is 10.1 Å². The predicted molar refractivity (Wildman–Crippen MR) is 115 cm³/mol. The number of carbonyl (C=O) groups is 1. The van der Waals surface area contributed by atoms with Crippen LogP contribution in [0.5, 0.6) is 0 Å². The quantitative estimate of drug-likeness (QED) is 0.573. The number of aryl methyl sites for hydroxylation is 1. The number of carbonyl (C=O) groups excluding carboxylic acids is 1. The molecule has 0 aliphatic carbocycles. The Balaban J connectivity index is 1.26. The molecular weight excluding hydrogens is 433 g/mol. The molecule has 29 heavy (non-hydrogen) atoms. The van der Waals surface area contributed by atoms with Crippen molar-refractivity contribution in [2.24, 2.45) is 0 Å². The van der Waals surface area contributed by atoms with E-state index in [-0.39, 0.29) is 17.5 Å². The SMILES string of the molecule is Cc1nnc(NC(=O)CSc2nnc(N3CCN(c4ccc(F)cc4)CC3)s2)s1. The lowest BCUT2D eigenvalue weighted by atomic mass is 10.2. The van der Waals surface area contributed by atoms with Gasteiger partial charge in [0.15, 0.2) is 4.34 Å². The second-order valence-corrected chi connectivity index (χ2v) is 9.62. The number of benzene rings is 1. The normalized spacial score (nSPS) is 14.3. The third-order valence-electron chi connectivity index (χ3n) is 4.24. The largest absolute Gasteiger partial charge is 0.368 e. The highest BCUT2D eigenvalue weighted by Gasteiger charge is 2.21. The van der Waals surface area contributed by atoms with Crippen LogP contribution in [0.1, 0.15) is 5.01 Å². The van der Waals surface area contributed by atoms with E-state index in [0.29, 0.717) is 5.13 Å². The van der Waals surface area contributed by atoms with Gasteiger partial charge in [0, 0.05) is 31.9 Å². The van der Waals surface area contributed by atoms with Gasteiger partial charge in [-0.1, -0.05) is 34.4 Å². The maximum Gasteiger partial charge on any atom is 0.236 e. The standard InChI is InChI=1S/C17H18FN7OS3/c1-11-20-21-15(28-11)19-14(26)10-27-17-23-22-16(29-17)25-8-6-24(7-9-25)13-4-2-12(18)3-5-13/h2-5H,6-10H2,1H3,(H,19,21,26). The number of nitrogens with one attached hydrogen (secondary N) is 1. The highest BCUT2D eigenvalue weighted by molar-refractivity contribution is 8.01. The Morgan fingerprint density at radius 1 is 1.07 bits per heavy atom. The van der Waals surface area contributed by atoms with Gasteiger partial charge in [0.25, 0.3) is 0 Å². The van der Waals surface area contributed by atoms with E-state index in [2.05, 4.69) is 35.5 Å². The second kappa shape index (κ2) is 9.01. The van der Waals surface area contributed by atoms with Crippen molar-refractivity contribution in [3.05, 3.63) is 35.1 Å². The summed E-state index contributed by atoms with van der Waals surface area (Å²) in [5.74, 6) is -0.125. The molecular formula is C17H18FN7OS3. The van der Waals surface area contributed by atoms with E-state index in [1.54, 1.807) is 12.1 Å². The summed E-state index contributed by atoms with van der Waals surface area (Å²) in [4.78, 5) is 16.4. The highest BCUT2D eigenvalue weighted by Crippen LogP contribution is 2.29. The van der Waals surface area contributed by atoms with Crippen LogP contribution in [0, 0.1) is 12.7 Å². The number of halogens is 1. The minimum absolute atomic E-state index is 0.143. The summed E-state index contributed by atoms with van der Waals surface area (Å²) in [5, 5.41) is 21.1. The van der Waals surface area contributed by atoms with Crippen molar-refractivity contribution < 1.29 is 9.18 Å². The molecule has 0 saturated carbocycles. The maximum absolute atomic E-state index is 13.1. The van der Waals surface area contributed by atoms with E-state index in [9.17, 15) is 9.18 Å². The van der Waals surface area contributed by atoms with Crippen molar-refractivity contribution in [2.75, 3.05) is 47.0 Å². The Hall–Kier alpha value is -2.31. The third kappa shape index (κ3) is 5.19. The van der Waals surface area contributed by atoms with Crippen molar-refractivity contribution in [3.63, 3.8) is 0 Å². The average Bonchev–Trinajstić information content (AvgIpc) is 3.36. The van der Waals surface area contributed by atoms with E-state index in [1.165, 1.54) is 46.6 Å². The van der Waals surface area contributed by atoms with Crippen molar-refractivity contribution >= 4 is 56.3 Å². The number of hydrogen-bond acceptors (Lipinski definition) is 10. The summed E-state index contributed by atoms with van der Waals surface area (Å²) in [5.41, 5.74) is 1.02. The zero-order valence-corrected chi connectivity index (χ0v) is 18.0.